The van der Waals surface area contributed by atoms with E-state index in [0.29, 0.717) is 17.2 Å². The minimum atomic E-state index is -1.08. The van der Waals surface area contributed by atoms with Crippen molar-refractivity contribution in [3.63, 3.8) is 0 Å². The van der Waals surface area contributed by atoms with Gasteiger partial charge in [0.05, 0.1) is 30.2 Å². The van der Waals surface area contributed by atoms with Crippen LogP contribution in [-0.4, -0.2) is 42.0 Å². The summed E-state index contributed by atoms with van der Waals surface area (Å²) in [5.74, 6) is -0.812. The molecule has 0 aromatic heterocycles. The number of nitrogens with zero attached hydrogens (tertiary/aromatic N) is 1. The largest absolute Gasteiger partial charge is 0.454 e. The number of amides is 2. The number of carbonyl (C=O) groups excluding carboxylic acids is 2. The summed E-state index contributed by atoms with van der Waals surface area (Å²) in [5, 5.41) is 9.68. The first-order valence-electron chi connectivity index (χ1n) is 7.40. The summed E-state index contributed by atoms with van der Waals surface area (Å²) in [4.78, 5) is 26.8. The highest BCUT2D eigenvalue weighted by atomic mass is 16.7. The van der Waals surface area contributed by atoms with Gasteiger partial charge in [0.2, 0.25) is 18.6 Å². The summed E-state index contributed by atoms with van der Waals surface area (Å²) in [5.41, 5.74) is -0.626. The lowest BCUT2D eigenvalue weighted by Crippen LogP contribution is -2.43. The molecule has 2 bridgehead atoms. The van der Waals surface area contributed by atoms with Gasteiger partial charge in [-0.1, -0.05) is 12.2 Å². The number of carbonyl (C=O) groups is 2. The maximum Gasteiger partial charge on any atom is 0.241 e. The van der Waals surface area contributed by atoms with E-state index in [2.05, 4.69) is 0 Å². The molecule has 4 heterocycles. The topological polar surface area (TPSA) is 85.3 Å². The second-order valence-electron chi connectivity index (χ2n) is 6.11. The van der Waals surface area contributed by atoms with Gasteiger partial charge in [0.1, 0.15) is 5.60 Å². The smallest absolute Gasteiger partial charge is 0.241 e. The summed E-state index contributed by atoms with van der Waals surface area (Å²) in [7, 11) is 0. The molecule has 2 fully saturated rings. The molecule has 1 aromatic carbocycles. The van der Waals surface area contributed by atoms with Crippen LogP contribution < -0.4 is 14.4 Å². The molecule has 7 heteroatoms. The molecular weight excluding hydrogens is 302 g/mol. The monoisotopic (exact) mass is 315 g/mol. The molecule has 4 aliphatic heterocycles. The first-order chi connectivity index (χ1) is 11.1. The Balaban J connectivity index is 1.57. The van der Waals surface area contributed by atoms with Gasteiger partial charge in [-0.3, -0.25) is 9.59 Å². The molecule has 0 spiro atoms. The molecule has 2 saturated heterocycles. The molecule has 0 unspecified atom stereocenters. The standard InChI is InChI=1S/C16H13NO6/c18-6-16-4-3-10(23-16)12-13(16)15(20)17(14(12)19)8-1-2-9-11(5-8)22-7-21-9/h1-5,10,12-13,18H,6-7H2/t10-,12+,13-,16-/m0/s1. The summed E-state index contributed by atoms with van der Waals surface area (Å²) in [6, 6.07) is 4.96. The van der Waals surface area contributed by atoms with Gasteiger partial charge in [-0.15, -0.1) is 0 Å². The van der Waals surface area contributed by atoms with E-state index in [1.165, 1.54) is 4.90 Å². The zero-order valence-electron chi connectivity index (χ0n) is 12.0. The highest BCUT2D eigenvalue weighted by Crippen LogP contribution is 2.52. The van der Waals surface area contributed by atoms with Crippen LogP contribution >= 0.6 is 0 Å². The minimum absolute atomic E-state index is 0.124. The second-order valence-corrected chi connectivity index (χ2v) is 6.11. The zero-order valence-corrected chi connectivity index (χ0v) is 12.0. The Morgan fingerprint density at radius 2 is 2.04 bits per heavy atom. The quantitative estimate of drug-likeness (QED) is 0.621. The number of benzene rings is 1. The number of hydrogen-bond donors (Lipinski definition) is 1. The van der Waals surface area contributed by atoms with Crippen LogP contribution in [0.3, 0.4) is 0 Å². The first kappa shape index (κ1) is 13.1. The summed E-state index contributed by atoms with van der Waals surface area (Å²) >= 11 is 0. The van der Waals surface area contributed by atoms with Gasteiger partial charge < -0.3 is 19.3 Å². The number of anilines is 1. The van der Waals surface area contributed by atoms with Crippen molar-refractivity contribution in [3.05, 3.63) is 30.4 Å². The molecule has 2 amide bonds. The summed E-state index contributed by atoms with van der Waals surface area (Å²) in [6.07, 6.45) is 3.00. The van der Waals surface area contributed by atoms with Gasteiger partial charge in [0, 0.05) is 6.07 Å². The predicted octanol–water partition coefficient (Wildman–Crippen LogP) is 0.221. The van der Waals surface area contributed by atoms with Crippen LogP contribution in [-0.2, 0) is 14.3 Å². The number of aliphatic hydroxyl groups excluding tert-OH is 1. The Hall–Kier alpha value is -2.38. The van der Waals surface area contributed by atoms with Crippen molar-refractivity contribution >= 4 is 17.5 Å². The van der Waals surface area contributed by atoms with E-state index >= 15 is 0 Å². The maximum absolute atomic E-state index is 12.9. The van der Waals surface area contributed by atoms with Gasteiger partial charge in [-0.05, 0) is 12.1 Å². The number of fused-ring (bicyclic) bond motifs is 6. The first-order valence-corrected chi connectivity index (χ1v) is 7.40. The van der Waals surface area contributed by atoms with E-state index in [1.807, 2.05) is 0 Å². The lowest BCUT2D eigenvalue weighted by molar-refractivity contribution is -0.128. The van der Waals surface area contributed by atoms with Gasteiger partial charge in [0.25, 0.3) is 0 Å². The molecule has 4 atom stereocenters. The van der Waals surface area contributed by atoms with Crippen molar-refractivity contribution in [2.24, 2.45) is 11.8 Å². The van der Waals surface area contributed by atoms with Gasteiger partial charge in [0.15, 0.2) is 11.5 Å². The van der Waals surface area contributed by atoms with E-state index in [-0.39, 0.29) is 25.2 Å². The third-order valence-corrected chi connectivity index (χ3v) is 5.02. The minimum Gasteiger partial charge on any atom is -0.454 e. The third kappa shape index (κ3) is 1.46. The Labute approximate surface area is 131 Å². The molecule has 5 rings (SSSR count). The van der Waals surface area contributed by atoms with Gasteiger partial charge >= 0.3 is 0 Å². The lowest BCUT2D eigenvalue weighted by atomic mass is 9.77. The van der Waals surface area contributed by atoms with E-state index in [4.69, 9.17) is 14.2 Å². The molecule has 0 saturated carbocycles. The van der Waals surface area contributed by atoms with Gasteiger partial charge in [-0.25, -0.2) is 4.90 Å². The Morgan fingerprint density at radius 3 is 2.87 bits per heavy atom. The summed E-state index contributed by atoms with van der Waals surface area (Å²) < 4.78 is 16.3. The Bertz CT molecular complexity index is 774. The zero-order chi connectivity index (χ0) is 15.8. The van der Waals surface area contributed by atoms with Crippen LogP contribution in [0.4, 0.5) is 5.69 Å². The molecule has 1 aromatic rings. The molecule has 4 aliphatic rings. The van der Waals surface area contributed by atoms with E-state index in [9.17, 15) is 14.7 Å². The normalized spacial score (nSPS) is 36.2. The molecule has 0 aliphatic carbocycles. The highest BCUT2D eigenvalue weighted by molar-refractivity contribution is 6.23. The lowest BCUT2D eigenvalue weighted by Gasteiger charge is -2.26. The van der Waals surface area contributed by atoms with E-state index in [1.54, 1.807) is 30.4 Å². The number of ether oxygens (including phenoxy) is 3. The number of rotatable bonds is 2. The average Bonchev–Trinajstić information content (AvgIpc) is 3.29. The molecule has 0 radical (unpaired) electrons. The maximum atomic E-state index is 12.9. The van der Waals surface area contributed by atoms with Gasteiger partial charge in [-0.2, -0.15) is 0 Å². The molecule has 1 N–H and O–H groups in total. The van der Waals surface area contributed by atoms with Crippen molar-refractivity contribution in [1.82, 2.24) is 0 Å². The van der Waals surface area contributed by atoms with Crippen molar-refractivity contribution in [1.29, 1.82) is 0 Å². The average molecular weight is 315 g/mol. The Kier molecular flexibility index (Phi) is 2.35. The van der Waals surface area contributed by atoms with Crippen LogP contribution in [0, 0.1) is 11.8 Å². The second kappa shape index (κ2) is 4.12. The third-order valence-electron chi connectivity index (χ3n) is 5.02. The van der Waals surface area contributed by atoms with E-state index in [0.717, 1.165) is 0 Å². The molecule has 118 valence electrons. The summed E-state index contributed by atoms with van der Waals surface area (Å²) in [6.45, 7) is -0.200. The van der Waals surface area contributed by atoms with Crippen molar-refractivity contribution in [2.75, 3.05) is 18.3 Å². The number of aliphatic hydroxyl groups is 1. The SMILES string of the molecule is O=C1[C@@H]2[C@@H]3C=C[C@@](CO)(O3)[C@@H]2C(=O)N1c1ccc2c(c1)OCO2. The van der Waals surface area contributed by atoms with E-state index < -0.39 is 23.5 Å². The molecule has 7 nitrogen and oxygen atoms in total. The molecule has 23 heavy (non-hydrogen) atoms. The van der Waals surface area contributed by atoms with Crippen LogP contribution in [0.5, 0.6) is 11.5 Å². The number of hydrogen-bond acceptors (Lipinski definition) is 6. The van der Waals surface area contributed by atoms with Crippen molar-refractivity contribution in [3.8, 4) is 11.5 Å². The van der Waals surface area contributed by atoms with Crippen LogP contribution in [0.1, 0.15) is 0 Å². The van der Waals surface area contributed by atoms with Crippen molar-refractivity contribution in [2.45, 2.75) is 11.7 Å². The van der Waals surface area contributed by atoms with Crippen molar-refractivity contribution < 1.29 is 28.9 Å². The fourth-order valence-corrected chi connectivity index (χ4v) is 3.96. The predicted molar refractivity (Wildman–Crippen MR) is 75.9 cm³/mol. The fourth-order valence-electron chi connectivity index (χ4n) is 3.96. The number of imide groups is 1. The Morgan fingerprint density at radius 1 is 1.22 bits per heavy atom. The fraction of sp³-hybridized carbons (Fsp3) is 0.375. The van der Waals surface area contributed by atoms with Crippen LogP contribution in [0.25, 0.3) is 0 Å². The van der Waals surface area contributed by atoms with Crippen LogP contribution in [0.15, 0.2) is 30.4 Å². The van der Waals surface area contributed by atoms with Crippen LogP contribution in [0.2, 0.25) is 0 Å². The highest BCUT2D eigenvalue weighted by Gasteiger charge is 2.67. The molecular formula is C16H13NO6.